The van der Waals surface area contributed by atoms with E-state index >= 15 is 0 Å². The zero-order valence-corrected chi connectivity index (χ0v) is 10.5. The Morgan fingerprint density at radius 1 is 1.40 bits per heavy atom. The molecule has 0 spiro atoms. The van der Waals surface area contributed by atoms with E-state index in [0.29, 0.717) is 10.1 Å². The van der Waals surface area contributed by atoms with Gasteiger partial charge in [-0.15, -0.1) is 0 Å². The minimum absolute atomic E-state index is 0.521. The maximum absolute atomic E-state index is 6.11. The fourth-order valence-electron chi connectivity index (χ4n) is 1.10. The lowest BCUT2D eigenvalue weighted by Crippen LogP contribution is -2.39. The highest BCUT2D eigenvalue weighted by atomic mass is 35.5. The molecule has 0 fully saturated rings. The summed E-state index contributed by atoms with van der Waals surface area (Å²) in [6.45, 7) is 1.95. The molecule has 0 atom stereocenters. The molecule has 0 aliphatic rings. The van der Waals surface area contributed by atoms with E-state index in [4.69, 9.17) is 23.8 Å². The number of nitrogens with zero attached hydrogens (tertiary/aromatic N) is 1. The Hall–Kier alpha value is -0.840. The summed E-state index contributed by atoms with van der Waals surface area (Å²) in [7, 11) is 3.73. The average Bonchev–Trinajstić information content (AvgIpc) is 2.11. The van der Waals surface area contributed by atoms with E-state index in [1.165, 1.54) is 0 Å². The minimum atomic E-state index is 0.521. The van der Waals surface area contributed by atoms with Crippen LogP contribution in [0.4, 0.5) is 5.69 Å². The highest BCUT2D eigenvalue weighted by molar-refractivity contribution is 7.80. The van der Waals surface area contributed by atoms with Crippen LogP contribution in [0.3, 0.4) is 0 Å². The van der Waals surface area contributed by atoms with E-state index in [2.05, 4.69) is 10.7 Å². The van der Waals surface area contributed by atoms with Crippen LogP contribution in [0.5, 0.6) is 0 Å². The first-order valence-corrected chi connectivity index (χ1v) is 5.29. The second-order valence-electron chi connectivity index (χ2n) is 3.40. The zero-order chi connectivity index (χ0) is 11.4. The summed E-state index contributed by atoms with van der Waals surface area (Å²) in [5, 5.41) is 6.01. The number of anilines is 1. The van der Waals surface area contributed by atoms with Crippen molar-refractivity contribution >= 4 is 34.6 Å². The molecule has 0 aliphatic heterocycles. The van der Waals surface area contributed by atoms with E-state index < -0.39 is 0 Å². The molecule has 82 valence electrons. The molecular formula is C10H14ClN3S. The van der Waals surface area contributed by atoms with E-state index in [-0.39, 0.29) is 0 Å². The molecule has 0 heterocycles. The number of hydrazine groups is 1. The fraction of sp³-hybridized carbons (Fsp3) is 0.300. The van der Waals surface area contributed by atoms with Crippen LogP contribution in [0.1, 0.15) is 5.56 Å². The van der Waals surface area contributed by atoms with Crippen molar-refractivity contribution in [1.29, 1.82) is 0 Å². The molecular weight excluding hydrogens is 230 g/mol. The SMILES string of the molecule is Cc1cccc(NC(=S)NN(C)C)c1Cl. The molecule has 0 unspecified atom stereocenters. The molecule has 0 radical (unpaired) electrons. The quantitative estimate of drug-likeness (QED) is 0.616. The van der Waals surface area contributed by atoms with Gasteiger partial charge < -0.3 is 5.32 Å². The molecule has 2 N–H and O–H groups in total. The van der Waals surface area contributed by atoms with Gasteiger partial charge in [0, 0.05) is 14.1 Å². The lowest BCUT2D eigenvalue weighted by Gasteiger charge is -2.16. The predicted octanol–water partition coefficient (Wildman–Crippen LogP) is 2.41. The molecule has 0 aromatic heterocycles. The molecule has 1 rings (SSSR count). The standard InChI is InChI=1S/C10H14ClN3S/c1-7-5-4-6-8(9(7)11)12-10(15)13-14(2)3/h4-6H,1-3H3,(H2,12,13,15). The number of aryl methyl sites for hydroxylation is 1. The van der Waals surface area contributed by atoms with E-state index in [0.717, 1.165) is 11.3 Å². The van der Waals surface area contributed by atoms with Gasteiger partial charge in [0.25, 0.3) is 0 Å². The Morgan fingerprint density at radius 2 is 2.07 bits per heavy atom. The van der Waals surface area contributed by atoms with Crippen molar-refractivity contribution in [2.45, 2.75) is 6.92 Å². The van der Waals surface area contributed by atoms with E-state index in [1.807, 2.05) is 39.2 Å². The van der Waals surface area contributed by atoms with Crippen LogP contribution in [-0.4, -0.2) is 24.2 Å². The van der Waals surface area contributed by atoms with Crippen molar-refractivity contribution in [3.05, 3.63) is 28.8 Å². The number of benzene rings is 1. The van der Waals surface area contributed by atoms with Crippen molar-refractivity contribution in [3.8, 4) is 0 Å². The highest BCUT2D eigenvalue weighted by Crippen LogP contribution is 2.24. The Balaban J connectivity index is 2.73. The first-order valence-electron chi connectivity index (χ1n) is 4.51. The maximum Gasteiger partial charge on any atom is 0.185 e. The van der Waals surface area contributed by atoms with Crippen molar-refractivity contribution in [3.63, 3.8) is 0 Å². The van der Waals surface area contributed by atoms with Crippen LogP contribution in [0.25, 0.3) is 0 Å². The van der Waals surface area contributed by atoms with Crippen molar-refractivity contribution in [2.24, 2.45) is 0 Å². The monoisotopic (exact) mass is 243 g/mol. The summed E-state index contributed by atoms with van der Waals surface area (Å²) in [4.78, 5) is 0. The molecule has 0 bridgehead atoms. The van der Waals surface area contributed by atoms with Crippen molar-refractivity contribution in [2.75, 3.05) is 19.4 Å². The van der Waals surface area contributed by atoms with Gasteiger partial charge in [-0.1, -0.05) is 23.7 Å². The number of thiocarbonyl (C=S) groups is 1. The average molecular weight is 244 g/mol. The number of hydrogen-bond acceptors (Lipinski definition) is 2. The van der Waals surface area contributed by atoms with Gasteiger partial charge in [0.2, 0.25) is 0 Å². The Labute approximate surface area is 100 Å². The Morgan fingerprint density at radius 3 is 2.67 bits per heavy atom. The summed E-state index contributed by atoms with van der Waals surface area (Å²) in [5.41, 5.74) is 4.77. The van der Waals surface area contributed by atoms with Crippen LogP contribution in [-0.2, 0) is 0 Å². The Kier molecular flexibility index (Phi) is 4.32. The molecule has 0 saturated carbocycles. The first kappa shape index (κ1) is 12.2. The van der Waals surface area contributed by atoms with Gasteiger partial charge in [-0.05, 0) is 30.8 Å². The van der Waals surface area contributed by atoms with Gasteiger partial charge in [0.15, 0.2) is 5.11 Å². The maximum atomic E-state index is 6.11. The van der Waals surface area contributed by atoms with Gasteiger partial charge in [0.05, 0.1) is 10.7 Å². The molecule has 15 heavy (non-hydrogen) atoms. The summed E-state index contributed by atoms with van der Waals surface area (Å²) in [6.07, 6.45) is 0. The van der Waals surface area contributed by atoms with E-state index in [9.17, 15) is 0 Å². The lowest BCUT2D eigenvalue weighted by molar-refractivity contribution is 0.365. The second kappa shape index (κ2) is 5.30. The molecule has 0 amide bonds. The largest absolute Gasteiger partial charge is 0.330 e. The van der Waals surface area contributed by atoms with Crippen LogP contribution in [0.15, 0.2) is 18.2 Å². The summed E-state index contributed by atoms with van der Waals surface area (Å²) in [5.74, 6) is 0. The number of rotatable bonds is 2. The summed E-state index contributed by atoms with van der Waals surface area (Å²) < 4.78 is 0. The third-order valence-electron chi connectivity index (χ3n) is 1.77. The third kappa shape index (κ3) is 3.66. The topological polar surface area (TPSA) is 27.3 Å². The van der Waals surface area contributed by atoms with Gasteiger partial charge in [-0.25, -0.2) is 5.01 Å². The van der Waals surface area contributed by atoms with Crippen molar-refractivity contribution in [1.82, 2.24) is 10.4 Å². The van der Waals surface area contributed by atoms with Gasteiger partial charge >= 0.3 is 0 Å². The normalized spacial score (nSPS) is 10.2. The van der Waals surface area contributed by atoms with Crippen LogP contribution >= 0.6 is 23.8 Å². The first-order chi connectivity index (χ1) is 7.00. The molecule has 1 aromatic carbocycles. The van der Waals surface area contributed by atoms with Crippen LogP contribution < -0.4 is 10.7 Å². The molecule has 5 heteroatoms. The minimum Gasteiger partial charge on any atom is -0.330 e. The zero-order valence-electron chi connectivity index (χ0n) is 8.97. The number of halogens is 1. The van der Waals surface area contributed by atoms with Gasteiger partial charge in [0.1, 0.15) is 0 Å². The number of nitrogens with one attached hydrogen (secondary N) is 2. The van der Waals surface area contributed by atoms with Crippen molar-refractivity contribution < 1.29 is 0 Å². The third-order valence-corrected chi connectivity index (χ3v) is 2.46. The summed E-state index contributed by atoms with van der Waals surface area (Å²) >= 11 is 11.2. The number of hydrogen-bond donors (Lipinski definition) is 2. The Bertz CT molecular complexity index is 366. The highest BCUT2D eigenvalue weighted by Gasteiger charge is 2.04. The molecule has 0 saturated heterocycles. The second-order valence-corrected chi connectivity index (χ2v) is 4.18. The van der Waals surface area contributed by atoms with Crippen LogP contribution in [0.2, 0.25) is 5.02 Å². The predicted molar refractivity (Wildman–Crippen MR) is 69.2 cm³/mol. The molecule has 1 aromatic rings. The lowest BCUT2D eigenvalue weighted by atomic mass is 10.2. The van der Waals surface area contributed by atoms with Crippen LogP contribution in [0, 0.1) is 6.92 Å². The smallest absolute Gasteiger partial charge is 0.185 e. The van der Waals surface area contributed by atoms with Gasteiger partial charge in [-0.3, -0.25) is 5.43 Å². The van der Waals surface area contributed by atoms with E-state index in [1.54, 1.807) is 5.01 Å². The summed E-state index contributed by atoms with van der Waals surface area (Å²) in [6, 6.07) is 5.77. The molecule has 0 aliphatic carbocycles. The van der Waals surface area contributed by atoms with Gasteiger partial charge in [-0.2, -0.15) is 0 Å². The fourth-order valence-corrected chi connectivity index (χ4v) is 1.56. The molecule has 3 nitrogen and oxygen atoms in total.